The van der Waals surface area contributed by atoms with Gasteiger partial charge in [0.15, 0.2) is 0 Å². The minimum absolute atomic E-state index is 0.276. The van der Waals surface area contributed by atoms with Gasteiger partial charge in [0.2, 0.25) is 5.91 Å². The number of likely N-dealkylation sites (N-methyl/N-ethyl adjacent to an activating group) is 1. The minimum Gasteiger partial charge on any atom is -0.475 e. The topological polar surface area (TPSA) is 92.4 Å². The monoisotopic (exact) mass is 292 g/mol. The SMILES string of the molecule is CNC(Cc1ccccc1)C(N)=O.O=C(O)C(F)(F)F. The van der Waals surface area contributed by atoms with Gasteiger partial charge in [-0.3, -0.25) is 4.79 Å². The summed E-state index contributed by atoms with van der Waals surface area (Å²) in [7, 11) is 1.73. The first-order valence-electron chi connectivity index (χ1n) is 5.49. The van der Waals surface area contributed by atoms with Crippen LogP contribution in [0.1, 0.15) is 5.56 Å². The number of hydrogen-bond acceptors (Lipinski definition) is 3. The van der Waals surface area contributed by atoms with Crippen LogP contribution in [0.4, 0.5) is 13.2 Å². The fourth-order valence-electron chi connectivity index (χ4n) is 1.19. The van der Waals surface area contributed by atoms with Crippen molar-refractivity contribution >= 4 is 11.9 Å². The number of alkyl halides is 3. The molecule has 0 fully saturated rings. The van der Waals surface area contributed by atoms with Gasteiger partial charge < -0.3 is 16.2 Å². The second-order valence-corrected chi connectivity index (χ2v) is 3.74. The summed E-state index contributed by atoms with van der Waals surface area (Å²) in [5, 5.41) is 10.0. The van der Waals surface area contributed by atoms with E-state index in [1.807, 2.05) is 30.3 Å². The minimum atomic E-state index is -5.08. The number of amides is 1. The van der Waals surface area contributed by atoms with Gasteiger partial charge in [-0.25, -0.2) is 4.79 Å². The van der Waals surface area contributed by atoms with E-state index in [4.69, 9.17) is 15.6 Å². The lowest BCUT2D eigenvalue weighted by atomic mass is 10.1. The van der Waals surface area contributed by atoms with Crippen LogP contribution in [0, 0.1) is 0 Å². The number of primary amides is 1. The molecular formula is C12H15F3N2O3. The highest BCUT2D eigenvalue weighted by Gasteiger charge is 2.38. The van der Waals surface area contributed by atoms with Gasteiger partial charge in [0.05, 0.1) is 6.04 Å². The Morgan fingerprint density at radius 3 is 2.05 bits per heavy atom. The second-order valence-electron chi connectivity index (χ2n) is 3.74. The van der Waals surface area contributed by atoms with Crippen LogP contribution in [0.5, 0.6) is 0 Å². The molecule has 0 saturated heterocycles. The number of carboxylic acids is 1. The maximum atomic E-state index is 10.9. The number of carbonyl (C=O) groups is 2. The Bertz CT molecular complexity index is 435. The van der Waals surface area contributed by atoms with Crippen molar-refractivity contribution in [2.75, 3.05) is 7.05 Å². The fourth-order valence-corrected chi connectivity index (χ4v) is 1.19. The average molecular weight is 292 g/mol. The lowest BCUT2D eigenvalue weighted by Gasteiger charge is -2.11. The molecule has 0 aliphatic heterocycles. The van der Waals surface area contributed by atoms with Gasteiger partial charge in [-0.05, 0) is 19.0 Å². The highest BCUT2D eigenvalue weighted by atomic mass is 19.4. The lowest BCUT2D eigenvalue weighted by Crippen LogP contribution is -2.40. The van der Waals surface area contributed by atoms with E-state index < -0.39 is 12.1 Å². The number of nitrogens with one attached hydrogen (secondary N) is 1. The molecule has 8 heteroatoms. The number of rotatable bonds is 4. The Hall–Kier alpha value is -2.09. The first kappa shape index (κ1) is 17.9. The second kappa shape index (κ2) is 8.16. The number of carboxylic acid groups (broad SMARTS) is 1. The molecule has 0 spiro atoms. The molecule has 20 heavy (non-hydrogen) atoms. The van der Waals surface area contributed by atoms with Gasteiger partial charge >= 0.3 is 12.1 Å². The molecule has 0 saturated carbocycles. The molecule has 0 aliphatic carbocycles. The Labute approximate surface area is 113 Å². The molecule has 0 bridgehead atoms. The van der Waals surface area contributed by atoms with Crippen molar-refractivity contribution in [3.8, 4) is 0 Å². The highest BCUT2D eigenvalue weighted by Crippen LogP contribution is 2.13. The largest absolute Gasteiger partial charge is 0.490 e. The van der Waals surface area contributed by atoms with Gasteiger partial charge in [-0.15, -0.1) is 0 Å². The van der Waals surface area contributed by atoms with Crippen molar-refractivity contribution < 1.29 is 27.9 Å². The Balaban J connectivity index is 0.000000441. The van der Waals surface area contributed by atoms with E-state index in [0.29, 0.717) is 6.42 Å². The third kappa shape index (κ3) is 7.37. The van der Waals surface area contributed by atoms with E-state index in [9.17, 15) is 18.0 Å². The van der Waals surface area contributed by atoms with E-state index in [0.717, 1.165) is 5.56 Å². The molecule has 0 radical (unpaired) electrons. The third-order valence-corrected chi connectivity index (χ3v) is 2.22. The maximum Gasteiger partial charge on any atom is 0.490 e. The van der Waals surface area contributed by atoms with Crippen LogP contribution in [-0.2, 0) is 16.0 Å². The van der Waals surface area contributed by atoms with Crippen LogP contribution in [0.3, 0.4) is 0 Å². The summed E-state index contributed by atoms with van der Waals surface area (Å²) in [6, 6.07) is 9.52. The molecule has 1 atom stereocenters. The molecule has 1 rings (SSSR count). The van der Waals surface area contributed by atoms with Gasteiger partial charge in [-0.1, -0.05) is 30.3 Å². The van der Waals surface area contributed by atoms with Gasteiger partial charge in [-0.2, -0.15) is 13.2 Å². The molecule has 4 N–H and O–H groups in total. The number of nitrogens with two attached hydrogens (primary N) is 1. The number of halogens is 3. The number of aliphatic carboxylic acids is 1. The summed E-state index contributed by atoms with van der Waals surface area (Å²) in [5.74, 6) is -3.07. The average Bonchev–Trinajstić information content (AvgIpc) is 2.36. The summed E-state index contributed by atoms with van der Waals surface area (Å²) in [4.78, 5) is 19.8. The third-order valence-electron chi connectivity index (χ3n) is 2.22. The molecule has 1 amide bonds. The van der Waals surface area contributed by atoms with Crippen LogP contribution < -0.4 is 11.1 Å². The smallest absolute Gasteiger partial charge is 0.475 e. The molecule has 5 nitrogen and oxygen atoms in total. The van der Waals surface area contributed by atoms with Crippen LogP contribution in [0.15, 0.2) is 30.3 Å². The zero-order valence-corrected chi connectivity index (χ0v) is 10.6. The summed E-state index contributed by atoms with van der Waals surface area (Å²) in [5.41, 5.74) is 6.31. The molecule has 112 valence electrons. The first-order chi connectivity index (χ1) is 9.18. The Kier molecular flexibility index (Phi) is 7.30. The fraction of sp³-hybridized carbons (Fsp3) is 0.333. The zero-order chi connectivity index (χ0) is 15.8. The van der Waals surface area contributed by atoms with Gasteiger partial charge in [0.1, 0.15) is 0 Å². The van der Waals surface area contributed by atoms with E-state index in [2.05, 4.69) is 5.32 Å². The molecule has 0 aliphatic rings. The summed E-state index contributed by atoms with van der Waals surface area (Å²) in [6.45, 7) is 0. The predicted octanol–water partition coefficient (Wildman–Crippen LogP) is 0.936. The van der Waals surface area contributed by atoms with Crippen molar-refractivity contribution in [1.29, 1.82) is 0 Å². The van der Waals surface area contributed by atoms with Crippen molar-refractivity contribution in [3.63, 3.8) is 0 Å². The number of benzene rings is 1. The lowest BCUT2D eigenvalue weighted by molar-refractivity contribution is -0.192. The van der Waals surface area contributed by atoms with Crippen LogP contribution in [0.25, 0.3) is 0 Å². The summed E-state index contributed by atoms with van der Waals surface area (Å²) >= 11 is 0. The van der Waals surface area contributed by atoms with E-state index in [-0.39, 0.29) is 11.9 Å². The van der Waals surface area contributed by atoms with E-state index >= 15 is 0 Å². The van der Waals surface area contributed by atoms with Gasteiger partial charge in [0.25, 0.3) is 0 Å². The van der Waals surface area contributed by atoms with Crippen LogP contribution >= 0.6 is 0 Å². The molecule has 1 unspecified atom stereocenters. The van der Waals surface area contributed by atoms with Crippen molar-refractivity contribution in [3.05, 3.63) is 35.9 Å². The number of carbonyl (C=O) groups excluding carboxylic acids is 1. The highest BCUT2D eigenvalue weighted by molar-refractivity contribution is 5.80. The maximum absolute atomic E-state index is 10.9. The normalized spacial score (nSPS) is 12.0. The summed E-state index contributed by atoms with van der Waals surface area (Å²) in [6.07, 6.45) is -4.44. The Morgan fingerprint density at radius 2 is 1.75 bits per heavy atom. The molecule has 0 heterocycles. The van der Waals surface area contributed by atoms with Crippen LogP contribution in [0.2, 0.25) is 0 Å². The predicted molar refractivity (Wildman–Crippen MR) is 65.9 cm³/mol. The Morgan fingerprint density at radius 1 is 1.30 bits per heavy atom. The molecule has 1 aromatic carbocycles. The van der Waals surface area contributed by atoms with Crippen molar-refractivity contribution in [2.24, 2.45) is 5.73 Å². The molecule has 0 aromatic heterocycles. The van der Waals surface area contributed by atoms with Crippen molar-refractivity contribution in [1.82, 2.24) is 5.32 Å². The zero-order valence-electron chi connectivity index (χ0n) is 10.6. The quantitative estimate of drug-likeness (QED) is 0.770. The summed E-state index contributed by atoms with van der Waals surface area (Å²) < 4.78 is 31.7. The van der Waals surface area contributed by atoms with Gasteiger partial charge in [0, 0.05) is 0 Å². The standard InChI is InChI=1S/C10H14N2O.C2HF3O2/c1-12-9(10(11)13)7-8-5-3-2-4-6-8;3-2(4,5)1(6)7/h2-6,9,12H,7H2,1H3,(H2,11,13);(H,6,7). The van der Waals surface area contributed by atoms with E-state index in [1.165, 1.54) is 0 Å². The first-order valence-corrected chi connectivity index (χ1v) is 5.49. The molecular weight excluding hydrogens is 277 g/mol. The van der Waals surface area contributed by atoms with Crippen LogP contribution in [-0.4, -0.2) is 36.2 Å². The van der Waals surface area contributed by atoms with Crippen molar-refractivity contribution in [2.45, 2.75) is 18.6 Å². The van der Waals surface area contributed by atoms with E-state index in [1.54, 1.807) is 7.05 Å². The molecule has 1 aromatic rings. The number of hydrogen-bond donors (Lipinski definition) is 3.